The molecule has 0 saturated carbocycles. The summed E-state index contributed by atoms with van der Waals surface area (Å²) in [5, 5.41) is -2.80. The van der Waals surface area contributed by atoms with Gasteiger partial charge >= 0.3 is 310 Å². The SMILES string of the molecule is COc1ccc(C2(c3ccccc3)O[P-]34(OC(C(F)(F)F)(C(F)(F)F)c5ccccc53)(OC(C(F)(F)F)(C(F)(F)F)c3ccccc34)C2c2ccccc2)cc1. The summed E-state index contributed by atoms with van der Waals surface area (Å²) in [6.07, 6.45) is -26.4. The Kier molecular flexibility index (Phi) is 7.55. The van der Waals surface area contributed by atoms with Crippen LogP contribution in [0.25, 0.3) is 0 Å². The zero-order chi connectivity index (χ0) is 40.5. The first-order chi connectivity index (χ1) is 26.1. The molecule has 56 heavy (non-hydrogen) atoms. The number of ether oxygens (including phenoxy) is 1. The van der Waals surface area contributed by atoms with Gasteiger partial charge in [-0.15, -0.1) is 0 Å². The fourth-order valence-corrected chi connectivity index (χ4v) is 18.3. The van der Waals surface area contributed by atoms with Gasteiger partial charge in [-0.2, -0.15) is 0 Å². The van der Waals surface area contributed by atoms with Gasteiger partial charge in [-0.1, -0.05) is 0 Å². The Labute approximate surface area is 309 Å². The number of fused-ring (bicyclic) bond motifs is 2. The van der Waals surface area contributed by atoms with Crippen LogP contribution in [0.4, 0.5) is 52.7 Å². The van der Waals surface area contributed by atoms with E-state index in [-0.39, 0.29) is 22.4 Å². The van der Waals surface area contributed by atoms with Crippen molar-refractivity contribution in [3.8, 4) is 5.75 Å². The second kappa shape index (κ2) is 11.1. The molecule has 2 unspecified atom stereocenters. The first-order valence-electron chi connectivity index (χ1n) is 16.6. The molecule has 0 radical (unpaired) electrons. The van der Waals surface area contributed by atoms with Crippen LogP contribution < -0.4 is 15.3 Å². The molecule has 1 saturated heterocycles. The molecule has 1 fully saturated rings. The zero-order valence-corrected chi connectivity index (χ0v) is 29.3. The number of hydrogen-bond acceptors (Lipinski definition) is 4. The van der Waals surface area contributed by atoms with E-state index in [1.54, 1.807) is 0 Å². The van der Waals surface area contributed by atoms with E-state index < -0.39 is 75.5 Å². The number of methoxy groups -OCH3 is 1. The van der Waals surface area contributed by atoms with E-state index in [0.29, 0.717) is 24.3 Å². The molecule has 5 aromatic rings. The van der Waals surface area contributed by atoms with E-state index >= 15 is 52.7 Å². The zero-order valence-electron chi connectivity index (χ0n) is 28.4. The fourth-order valence-electron chi connectivity index (χ4n) is 9.31. The van der Waals surface area contributed by atoms with E-state index in [4.69, 9.17) is 18.3 Å². The molecule has 0 bridgehead atoms. The summed E-state index contributed by atoms with van der Waals surface area (Å²) in [5.41, 5.74) is -20.5. The third-order valence-electron chi connectivity index (χ3n) is 11.1. The molecule has 0 aliphatic carbocycles. The molecule has 3 aliphatic rings. The number of benzene rings is 5. The van der Waals surface area contributed by atoms with Crippen LogP contribution in [0.5, 0.6) is 5.75 Å². The van der Waals surface area contributed by atoms with E-state index in [1.807, 2.05) is 0 Å². The van der Waals surface area contributed by atoms with Crippen LogP contribution in [0.3, 0.4) is 0 Å². The molecular weight excluding hydrogens is 791 g/mol. The number of halogens is 12. The third kappa shape index (κ3) is 4.03. The Balaban J connectivity index is 1.71. The number of alkyl halides is 12. The van der Waals surface area contributed by atoms with Gasteiger partial charge in [0.15, 0.2) is 0 Å². The van der Waals surface area contributed by atoms with E-state index in [0.717, 1.165) is 36.4 Å². The second-order valence-corrected chi connectivity index (χ2v) is 18.7. The van der Waals surface area contributed by atoms with Crippen LogP contribution >= 0.6 is 6.63 Å². The summed E-state index contributed by atoms with van der Waals surface area (Å²) in [6.45, 7) is -8.63. The monoisotopic (exact) mass is 817 g/mol. The normalized spacial score (nSPS) is 25.2. The summed E-state index contributed by atoms with van der Waals surface area (Å²) < 4.78 is 213. The quantitative estimate of drug-likeness (QED) is 0.134. The second-order valence-electron chi connectivity index (χ2n) is 13.8. The van der Waals surface area contributed by atoms with Gasteiger partial charge in [0.1, 0.15) is 0 Å². The summed E-state index contributed by atoms with van der Waals surface area (Å²) in [5.74, 6) is 0.193. The van der Waals surface area contributed by atoms with Crippen LogP contribution in [0, 0.1) is 0 Å². The molecule has 4 nitrogen and oxygen atoms in total. The van der Waals surface area contributed by atoms with Crippen LogP contribution in [0.2, 0.25) is 0 Å². The van der Waals surface area contributed by atoms with Crippen LogP contribution in [0.1, 0.15) is 33.5 Å². The molecule has 5 aromatic carbocycles. The van der Waals surface area contributed by atoms with E-state index in [9.17, 15) is 0 Å². The Morgan fingerprint density at radius 3 is 1.25 bits per heavy atom. The molecular formula is C39H26F12O4P-. The molecule has 17 heteroatoms. The van der Waals surface area contributed by atoms with Crippen molar-refractivity contribution in [2.45, 2.75) is 47.2 Å². The van der Waals surface area contributed by atoms with Crippen LogP contribution in [-0.4, -0.2) is 31.8 Å². The van der Waals surface area contributed by atoms with Gasteiger partial charge in [-0.05, 0) is 0 Å². The first kappa shape index (κ1) is 38.3. The van der Waals surface area contributed by atoms with Crippen molar-refractivity contribution in [3.05, 3.63) is 161 Å². The Morgan fingerprint density at radius 2 is 0.839 bits per heavy atom. The summed E-state index contributed by atoms with van der Waals surface area (Å²) in [6, 6.07) is 23.4. The van der Waals surface area contributed by atoms with Gasteiger partial charge < -0.3 is 0 Å². The van der Waals surface area contributed by atoms with Crippen molar-refractivity contribution in [3.63, 3.8) is 0 Å². The molecule has 3 aliphatic heterocycles. The minimum atomic E-state index is -8.63. The van der Waals surface area contributed by atoms with Crippen molar-refractivity contribution < 1.29 is 71.0 Å². The van der Waals surface area contributed by atoms with Crippen LogP contribution in [-0.2, 0) is 30.4 Å². The van der Waals surface area contributed by atoms with Gasteiger partial charge in [-0.25, -0.2) is 0 Å². The molecule has 3 heterocycles. The Morgan fingerprint density at radius 1 is 0.464 bits per heavy atom. The summed E-state index contributed by atoms with van der Waals surface area (Å²) in [4.78, 5) is 0. The molecule has 1 spiro atoms. The van der Waals surface area contributed by atoms with Gasteiger partial charge in [0, 0.05) is 0 Å². The van der Waals surface area contributed by atoms with Crippen molar-refractivity contribution in [2.75, 3.05) is 7.11 Å². The Bertz CT molecular complexity index is 2240. The maximum absolute atomic E-state index is 15.8. The molecule has 0 aromatic heterocycles. The van der Waals surface area contributed by atoms with E-state index in [2.05, 4.69) is 0 Å². The minimum absolute atomic E-state index is 0.0829. The van der Waals surface area contributed by atoms with Gasteiger partial charge in [-0.3, -0.25) is 0 Å². The van der Waals surface area contributed by atoms with Crippen LogP contribution in [0.15, 0.2) is 133 Å². The molecule has 0 N–H and O–H groups in total. The predicted molar refractivity (Wildman–Crippen MR) is 179 cm³/mol. The summed E-state index contributed by atoms with van der Waals surface area (Å²) >= 11 is 0. The predicted octanol–water partition coefficient (Wildman–Crippen LogP) is 10.9. The summed E-state index contributed by atoms with van der Waals surface area (Å²) in [7, 11) is 1.29. The average Bonchev–Trinajstić information content (AvgIpc) is 3.57. The average molecular weight is 818 g/mol. The van der Waals surface area contributed by atoms with E-state index in [1.165, 1.54) is 79.9 Å². The van der Waals surface area contributed by atoms with Gasteiger partial charge in [0.2, 0.25) is 0 Å². The van der Waals surface area contributed by atoms with Crippen molar-refractivity contribution in [2.24, 2.45) is 0 Å². The van der Waals surface area contributed by atoms with Gasteiger partial charge in [0.25, 0.3) is 0 Å². The van der Waals surface area contributed by atoms with Gasteiger partial charge in [0.05, 0.1) is 0 Å². The van der Waals surface area contributed by atoms with Crippen molar-refractivity contribution in [1.82, 2.24) is 0 Å². The maximum atomic E-state index is 15.8. The number of hydrogen-bond donors (Lipinski definition) is 0. The third-order valence-corrected chi connectivity index (χ3v) is 18.1. The first-order valence-corrected chi connectivity index (χ1v) is 19.1. The molecule has 296 valence electrons. The fraction of sp³-hybridized carbons (Fsp3) is 0.231. The topological polar surface area (TPSA) is 36.9 Å². The number of rotatable bonds is 4. The standard InChI is InChI=1S/C39H26F12O4P/c1-52-27-22-20-26(21-23-27)33(25-14-6-3-7-15-25)32(24-12-4-2-5-13-24)56(53-33,30-18-10-8-16-28(30)34(54-56,36(40,41)42)37(43,44)45)31-19-11-9-17-29(31)35(55-56,38(46,47)48)39(49,50)51/h2-23,32H,1H3/q-1. The Hall–Kier alpha value is -4.63. The van der Waals surface area contributed by atoms with Crippen molar-refractivity contribution in [1.29, 1.82) is 0 Å². The van der Waals surface area contributed by atoms with Crippen molar-refractivity contribution >= 4 is 17.2 Å². The molecule has 0 amide bonds. The molecule has 8 rings (SSSR count). The molecule has 2 atom stereocenters.